The summed E-state index contributed by atoms with van der Waals surface area (Å²) in [5, 5.41) is 0. The number of aryl methyl sites for hydroxylation is 2. The van der Waals surface area contributed by atoms with Crippen LogP contribution < -0.4 is 4.90 Å². The molecule has 76 valence electrons. The van der Waals surface area contributed by atoms with Crippen LogP contribution in [0.5, 0.6) is 0 Å². The van der Waals surface area contributed by atoms with Gasteiger partial charge >= 0.3 is 0 Å². The number of thioether (sulfide) groups is 1. The van der Waals surface area contributed by atoms with Crippen molar-refractivity contribution in [1.82, 2.24) is 9.97 Å². The molecule has 0 unspecified atom stereocenters. The van der Waals surface area contributed by atoms with E-state index in [2.05, 4.69) is 14.9 Å². The zero-order valence-corrected chi connectivity index (χ0v) is 9.47. The first-order valence-corrected chi connectivity index (χ1v) is 6.06. The van der Waals surface area contributed by atoms with Crippen molar-refractivity contribution in [3.8, 4) is 0 Å². The fraction of sp³-hybridized carbons (Fsp3) is 0.600. The Labute approximate surface area is 88.9 Å². The largest absolute Gasteiger partial charge is 0.339 e. The SMILES string of the molecule is Cc1cc(C)nc(N2CCSCC2)n1. The summed E-state index contributed by atoms with van der Waals surface area (Å²) in [6.07, 6.45) is 0. The summed E-state index contributed by atoms with van der Waals surface area (Å²) in [7, 11) is 0. The molecule has 0 aliphatic carbocycles. The first-order chi connectivity index (χ1) is 6.75. The van der Waals surface area contributed by atoms with Crippen LogP contribution in [0.1, 0.15) is 11.4 Å². The van der Waals surface area contributed by atoms with Crippen molar-refractivity contribution in [2.24, 2.45) is 0 Å². The molecule has 14 heavy (non-hydrogen) atoms. The summed E-state index contributed by atoms with van der Waals surface area (Å²) in [6.45, 7) is 6.20. The Morgan fingerprint density at radius 1 is 1.14 bits per heavy atom. The van der Waals surface area contributed by atoms with E-state index in [0.29, 0.717) is 0 Å². The quantitative estimate of drug-likeness (QED) is 0.703. The lowest BCUT2D eigenvalue weighted by Gasteiger charge is -2.26. The van der Waals surface area contributed by atoms with E-state index in [1.165, 1.54) is 11.5 Å². The molecule has 4 heteroatoms. The van der Waals surface area contributed by atoms with Crippen LogP contribution in [0.15, 0.2) is 6.07 Å². The molecule has 0 amide bonds. The van der Waals surface area contributed by atoms with Crippen LogP contribution >= 0.6 is 11.8 Å². The molecule has 2 heterocycles. The van der Waals surface area contributed by atoms with Gasteiger partial charge < -0.3 is 4.90 Å². The van der Waals surface area contributed by atoms with Crippen LogP contribution in [-0.2, 0) is 0 Å². The van der Waals surface area contributed by atoms with E-state index in [1.54, 1.807) is 0 Å². The second-order valence-electron chi connectivity index (χ2n) is 3.55. The normalized spacial score (nSPS) is 17.1. The molecule has 1 aromatic heterocycles. The molecule has 0 spiro atoms. The minimum absolute atomic E-state index is 0.905. The van der Waals surface area contributed by atoms with Gasteiger partial charge in [0.25, 0.3) is 0 Å². The molecule has 0 atom stereocenters. The summed E-state index contributed by atoms with van der Waals surface area (Å²) in [4.78, 5) is 11.2. The molecule has 0 radical (unpaired) electrons. The Hall–Kier alpha value is -0.770. The van der Waals surface area contributed by atoms with E-state index in [9.17, 15) is 0 Å². The lowest BCUT2D eigenvalue weighted by atomic mass is 10.3. The highest BCUT2D eigenvalue weighted by molar-refractivity contribution is 7.99. The first-order valence-electron chi connectivity index (χ1n) is 4.91. The number of aromatic nitrogens is 2. The van der Waals surface area contributed by atoms with E-state index in [4.69, 9.17) is 0 Å². The van der Waals surface area contributed by atoms with Crippen molar-refractivity contribution in [1.29, 1.82) is 0 Å². The second kappa shape index (κ2) is 4.17. The third-order valence-electron chi connectivity index (χ3n) is 2.26. The van der Waals surface area contributed by atoms with Gasteiger partial charge in [-0.3, -0.25) is 0 Å². The molecule has 0 bridgehead atoms. The van der Waals surface area contributed by atoms with Crippen LogP contribution in [0, 0.1) is 13.8 Å². The third kappa shape index (κ3) is 2.18. The average molecular weight is 209 g/mol. The summed E-state index contributed by atoms with van der Waals surface area (Å²) < 4.78 is 0. The zero-order chi connectivity index (χ0) is 9.97. The summed E-state index contributed by atoms with van der Waals surface area (Å²) >= 11 is 2.00. The lowest BCUT2D eigenvalue weighted by Crippen LogP contribution is -2.34. The molecule has 0 saturated carbocycles. The van der Waals surface area contributed by atoms with Gasteiger partial charge in [-0.1, -0.05) is 0 Å². The molecule has 1 aromatic rings. The second-order valence-corrected chi connectivity index (χ2v) is 4.77. The van der Waals surface area contributed by atoms with Crippen molar-refractivity contribution < 1.29 is 0 Å². The van der Waals surface area contributed by atoms with E-state index >= 15 is 0 Å². The highest BCUT2D eigenvalue weighted by atomic mass is 32.2. The Balaban J connectivity index is 2.21. The third-order valence-corrected chi connectivity index (χ3v) is 3.21. The van der Waals surface area contributed by atoms with E-state index in [0.717, 1.165) is 30.4 Å². The predicted octanol–water partition coefficient (Wildman–Crippen LogP) is 1.65. The Morgan fingerprint density at radius 2 is 1.71 bits per heavy atom. The molecule has 3 nitrogen and oxygen atoms in total. The number of hydrogen-bond donors (Lipinski definition) is 0. The fourth-order valence-corrected chi connectivity index (χ4v) is 2.52. The van der Waals surface area contributed by atoms with Gasteiger partial charge in [0.1, 0.15) is 0 Å². The van der Waals surface area contributed by atoms with E-state index < -0.39 is 0 Å². The van der Waals surface area contributed by atoms with Crippen molar-refractivity contribution in [2.45, 2.75) is 13.8 Å². The Kier molecular flexibility index (Phi) is 2.91. The summed E-state index contributed by atoms with van der Waals surface area (Å²) in [5.41, 5.74) is 2.12. The van der Waals surface area contributed by atoms with Crippen LogP contribution in [0.25, 0.3) is 0 Å². The van der Waals surface area contributed by atoms with Gasteiger partial charge in [-0.05, 0) is 19.9 Å². The van der Waals surface area contributed by atoms with E-state index in [-0.39, 0.29) is 0 Å². The van der Waals surface area contributed by atoms with Gasteiger partial charge in [-0.25, -0.2) is 9.97 Å². The van der Waals surface area contributed by atoms with Crippen LogP contribution in [0.4, 0.5) is 5.95 Å². The van der Waals surface area contributed by atoms with Gasteiger partial charge in [-0.15, -0.1) is 0 Å². The Morgan fingerprint density at radius 3 is 2.29 bits per heavy atom. The number of anilines is 1. The molecule has 0 aromatic carbocycles. The van der Waals surface area contributed by atoms with Crippen LogP contribution in [0.2, 0.25) is 0 Å². The predicted molar refractivity (Wildman–Crippen MR) is 61.0 cm³/mol. The maximum absolute atomic E-state index is 4.46. The summed E-state index contributed by atoms with van der Waals surface area (Å²) in [6, 6.07) is 2.02. The minimum atomic E-state index is 0.905. The smallest absolute Gasteiger partial charge is 0.225 e. The maximum atomic E-state index is 4.46. The molecule has 1 saturated heterocycles. The topological polar surface area (TPSA) is 29.0 Å². The van der Waals surface area contributed by atoms with Crippen LogP contribution in [-0.4, -0.2) is 34.6 Å². The molecular formula is C10H15N3S. The number of hydrogen-bond acceptors (Lipinski definition) is 4. The first kappa shape index (κ1) is 9.77. The highest BCUT2D eigenvalue weighted by Crippen LogP contribution is 2.15. The van der Waals surface area contributed by atoms with Gasteiger partial charge in [0.2, 0.25) is 5.95 Å². The number of rotatable bonds is 1. The molecule has 2 rings (SSSR count). The Bertz CT molecular complexity index is 301. The monoisotopic (exact) mass is 209 g/mol. The lowest BCUT2D eigenvalue weighted by molar-refractivity contribution is 0.805. The van der Waals surface area contributed by atoms with Crippen molar-refractivity contribution >= 4 is 17.7 Å². The van der Waals surface area contributed by atoms with E-state index in [1.807, 2.05) is 31.7 Å². The summed E-state index contributed by atoms with van der Waals surface area (Å²) in [5.74, 6) is 3.29. The standard InChI is InChI=1S/C10H15N3S/c1-8-7-9(2)12-10(11-8)13-3-5-14-6-4-13/h7H,3-6H2,1-2H3. The van der Waals surface area contributed by atoms with Gasteiger partial charge in [-0.2, -0.15) is 11.8 Å². The van der Waals surface area contributed by atoms with Crippen molar-refractivity contribution in [3.63, 3.8) is 0 Å². The van der Waals surface area contributed by atoms with Gasteiger partial charge in [0, 0.05) is 36.0 Å². The van der Waals surface area contributed by atoms with Crippen molar-refractivity contribution in [3.05, 3.63) is 17.5 Å². The molecule has 1 fully saturated rings. The van der Waals surface area contributed by atoms with Gasteiger partial charge in [0.15, 0.2) is 0 Å². The number of nitrogens with zero attached hydrogens (tertiary/aromatic N) is 3. The molecule has 1 aliphatic heterocycles. The van der Waals surface area contributed by atoms with Crippen molar-refractivity contribution in [2.75, 3.05) is 29.5 Å². The average Bonchev–Trinajstić information content (AvgIpc) is 2.18. The highest BCUT2D eigenvalue weighted by Gasteiger charge is 2.13. The molecular weight excluding hydrogens is 194 g/mol. The fourth-order valence-electron chi connectivity index (χ4n) is 1.61. The molecule has 0 N–H and O–H groups in total. The maximum Gasteiger partial charge on any atom is 0.225 e. The van der Waals surface area contributed by atoms with Crippen LogP contribution in [0.3, 0.4) is 0 Å². The minimum Gasteiger partial charge on any atom is -0.339 e. The zero-order valence-electron chi connectivity index (χ0n) is 8.66. The molecule has 1 aliphatic rings. The van der Waals surface area contributed by atoms with Gasteiger partial charge in [0.05, 0.1) is 0 Å².